The van der Waals surface area contributed by atoms with Crippen molar-refractivity contribution in [1.82, 2.24) is 20.4 Å². The van der Waals surface area contributed by atoms with Gasteiger partial charge in [0, 0.05) is 51.2 Å². The van der Waals surface area contributed by atoms with Gasteiger partial charge in [-0.2, -0.15) is 5.10 Å². The van der Waals surface area contributed by atoms with Crippen LogP contribution < -0.4 is 15.5 Å². The molecule has 1 atom stereocenters. The number of nitrogens with zero attached hydrogens (tertiary/aromatic N) is 4. The highest BCUT2D eigenvalue weighted by molar-refractivity contribution is 5.80. The lowest BCUT2D eigenvalue weighted by Gasteiger charge is -2.25. The van der Waals surface area contributed by atoms with Crippen LogP contribution in [0.2, 0.25) is 0 Å². The molecule has 0 amide bonds. The number of guanidine groups is 1. The fourth-order valence-electron chi connectivity index (χ4n) is 3.50. The molecule has 0 saturated carbocycles. The molecule has 6 nitrogen and oxygen atoms in total. The summed E-state index contributed by atoms with van der Waals surface area (Å²) >= 11 is 0. The van der Waals surface area contributed by atoms with Crippen LogP contribution in [0.4, 0.5) is 5.69 Å². The second-order valence-electron chi connectivity index (χ2n) is 7.44. The van der Waals surface area contributed by atoms with Crippen LogP contribution in [-0.4, -0.2) is 48.5 Å². The number of hydrogen-bond acceptors (Lipinski definition) is 3. The smallest absolute Gasteiger partial charge is 0.191 e. The number of likely N-dealkylation sites (N-methyl/N-ethyl adjacent to an activating group) is 1. The first-order chi connectivity index (χ1) is 13.3. The maximum atomic E-state index is 4.51. The largest absolute Gasteiger partial charge is 0.370 e. The van der Waals surface area contributed by atoms with Gasteiger partial charge in [-0.05, 0) is 64.3 Å². The molecule has 0 aliphatic heterocycles. The van der Waals surface area contributed by atoms with E-state index in [0.29, 0.717) is 0 Å². The summed E-state index contributed by atoms with van der Waals surface area (Å²) in [6, 6.07) is 8.92. The zero-order valence-electron chi connectivity index (χ0n) is 18.5. The summed E-state index contributed by atoms with van der Waals surface area (Å²) < 4.78 is 1.95. The van der Waals surface area contributed by atoms with Gasteiger partial charge >= 0.3 is 0 Å². The lowest BCUT2D eigenvalue weighted by molar-refractivity contribution is 0.633. The van der Waals surface area contributed by atoms with Crippen molar-refractivity contribution in [2.24, 2.45) is 12.0 Å². The minimum atomic E-state index is 0.270. The summed E-state index contributed by atoms with van der Waals surface area (Å²) in [5, 5.41) is 11.5. The molecule has 2 rings (SSSR count). The first kappa shape index (κ1) is 21.8. The zero-order valence-corrected chi connectivity index (χ0v) is 18.5. The number of nitrogens with one attached hydrogen (secondary N) is 2. The van der Waals surface area contributed by atoms with Crippen molar-refractivity contribution < 1.29 is 0 Å². The summed E-state index contributed by atoms with van der Waals surface area (Å²) in [6.07, 6.45) is 0.927. The van der Waals surface area contributed by atoms with Gasteiger partial charge in [0.05, 0.1) is 5.69 Å². The first-order valence-corrected chi connectivity index (χ1v) is 10.1. The monoisotopic (exact) mass is 384 g/mol. The van der Waals surface area contributed by atoms with Crippen LogP contribution in [-0.2, 0) is 13.5 Å². The van der Waals surface area contributed by atoms with Crippen molar-refractivity contribution in [2.45, 2.75) is 47.1 Å². The van der Waals surface area contributed by atoms with Crippen LogP contribution in [0.1, 0.15) is 36.4 Å². The molecule has 1 aromatic heterocycles. The molecule has 1 aromatic carbocycles. The summed E-state index contributed by atoms with van der Waals surface area (Å²) in [6.45, 7) is 13.4. The summed E-state index contributed by atoms with van der Waals surface area (Å²) in [5.41, 5.74) is 6.20. The van der Waals surface area contributed by atoms with Crippen molar-refractivity contribution in [1.29, 1.82) is 0 Å². The highest BCUT2D eigenvalue weighted by Gasteiger charge is 2.14. The quantitative estimate of drug-likeness (QED) is 0.543. The van der Waals surface area contributed by atoms with Crippen LogP contribution in [0.25, 0.3) is 0 Å². The van der Waals surface area contributed by atoms with E-state index in [9.17, 15) is 0 Å². The van der Waals surface area contributed by atoms with E-state index in [2.05, 4.69) is 84.5 Å². The van der Waals surface area contributed by atoms with Crippen LogP contribution in [0.15, 0.2) is 29.3 Å². The van der Waals surface area contributed by atoms with Gasteiger partial charge in [0.15, 0.2) is 5.96 Å². The molecule has 0 fully saturated rings. The third kappa shape index (κ3) is 5.75. The fourth-order valence-corrected chi connectivity index (χ4v) is 3.50. The molecule has 0 aliphatic rings. The summed E-state index contributed by atoms with van der Waals surface area (Å²) in [4.78, 5) is 6.76. The van der Waals surface area contributed by atoms with E-state index in [1.54, 1.807) is 0 Å². The maximum Gasteiger partial charge on any atom is 0.191 e. The molecule has 0 spiro atoms. The van der Waals surface area contributed by atoms with Gasteiger partial charge in [-0.15, -0.1) is 0 Å². The molecule has 6 heteroatoms. The van der Waals surface area contributed by atoms with Crippen LogP contribution in [0.5, 0.6) is 0 Å². The Morgan fingerprint density at radius 2 is 2.04 bits per heavy atom. The Hall–Kier alpha value is -2.50. The minimum Gasteiger partial charge on any atom is -0.370 e. The van der Waals surface area contributed by atoms with Gasteiger partial charge in [-0.1, -0.05) is 12.1 Å². The van der Waals surface area contributed by atoms with E-state index >= 15 is 0 Å². The van der Waals surface area contributed by atoms with Gasteiger partial charge in [-0.3, -0.25) is 9.67 Å². The Balaban J connectivity index is 1.86. The first-order valence-electron chi connectivity index (χ1n) is 10.1. The van der Waals surface area contributed by atoms with Crippen molar-refractivity contribution in [3.05, 3.63) is 46.8 Å². The van der Waals surface area contributed by atoms with E-state index < -0.39 is 0 Å². The highest BCUT2D eigenvalue weighted by Crippen LogP contribution is 2.15. The topological polar surface area (TPSA) is 57.5 Å². The number of benzene rings is 1. The Morgan fingerprint density at radius 3 is 2.61 bits per heavy atom. The number of anilines is 1. The van der Waals surface area contributed by atoms with E-state index in [1.807, 2.05) is 18.8 Å². The second kappa shape index (κ2) is 10.2. The molecule has 28 heavy (non-hydrogen) atoms. The van der Waals surface area contributed by atoms with Crippen molar-refractivity contribution >= 4 is 11.6 Å². The van der Waals surface area contributed by atoms with Gasteiger partial charge < -0.3 is 15.5 Å². The van der Waals surface area contributed by atoms with Crippen LogP contribution in [0, 0.1) is 20.8 Å². The lowest BCUT2D eigenvalue weighted by atomic mass is 10.1. The minimum absolute atomic E-state index is 0.270. The standard InChI is InChI=1S/C22H36N6/c1-8-28(20-11-9-10-16(2)14-20)13-12-24-22(23-6)25-17(3)15-21-18(4)26-27(7)19(21)5/h9-11,14,17H,8,12-13,15H2,1-7H3,(H2,23,24,25). The molecule has 0 saturated heterocycles. The van der Waals surface area contributed by atoms with Gasteiger partial charge in [0.2, 0.25) is 0 Å². The normalized spacial score (nSPS) is 12.8. The number of aliphatic imine (C=N–C) groups is 1. The second-order valence-corrected chi connectivity index (χ2v) is 7.44. The third-order valence-corrected chi connectivity index (χ3v) is 5.20. The summed E-state index contributed by atoms with van der Waals surface area (Å²) in [7, 11) is 3.82. The average Bonchev–Trinajstić information content (AvgIpc) is 2.90. The lowest BCUT2D eigenvalue weighted by Crippen LogP contribution is -2.45. The third-order valence-electron chi connectivity index (χ3n) is 5.20. The SMILES string of the molecule is CCN(CCNC(=NC)NC(C)Cc1c(C)nn(C)c1C)c1cccc(C)c1. The number of rotatable bonds is 8. The molecular weight excluding hydrogens is 348 g/mol. The molecule has 1 heterocycles. The Kier molecular flexibility index (Phi) is 7.91. The Bertz CT molecular complexity index is 792. The molecule has 1 unspecified atom stereocenters. The zero-order chi connectivity index (χ0) is 20.7. The average molecular weight is 385 g/mol. The van der Waals surface area contributed by atoms with Crippen molar-refractivity contribution in [2.75, 3.05) is 31.6 Å². The number of aryl methyl sites for hydroxylation is 3. The number of hydrogen-bond donors (Lipinski definition) is 2. The van der Waals surface area contributed by atoms with E-state index in [0.717, 1.165) is 37.7 Å². The van der Waals surface area contributed by atoms with Crippen molar-refractivity contribution in [3.8, 4) is 0 Å². The van der Waals surface area contributed by atoms with Crippen LogP contribution in [0.3, 0.4) is 0 Å². The molecule has 2 N–H and O–H groups in total. The molecule has 154 valence electrons. The van der Waals surface area contributed by atoms with E-state index in [-0.39, 0.29) is 6.04 Å². The molecule has 2 aromatic rings. The summed E-state index contributed by atoms with van der Waals surface area (Å²) in [5.74, 6) is 0.840. The Labute approximate surface area is 170 Å². The maximum absolute atomic E-state index is 4.51. The highest BCUT2D eigenvalue weighted by atomic mass is 15.3. The Morgan fingerprint density at radius 1 is 1.29 bits per heavy atom. The van der Waals surface area contributed by atoms with E-state index in [1.165, 1.54) is 22.5 Å². The molecule has 0 aliphatic carbocycles. The molecule has 0 radical (unpaired) electrons. The van der Waals surface area contributed by atoms with Crippen LogP contribution >= 0.6 is 0 Å². The van der Waals surface area contributed by atoms with Gasteiger partial charge in [0.25, 0.3) is 0 Å². The van der Waals surface area contributed by atoms with Crippen molar-refractivity contribution in [3.63, 3.8) is 0 Å². The fraction of sp³-hybridized carbons (Fsp3) is 0.545. The predicted octanol–water partition coefficient (Wildman–Crippen LogP) is 2.97. The van der Waals surface area contributed by atoms with Gasteiger partial charge in [0.1, 0.15) is 0 Å². The van der Waals surface area contributed by atoms with Gasteiger partial charge in [-0.25, -0.2) is 0 Å². The predicted molar refractivity (Wildman–Crippen MR) is 119 cm³/mol. The van der Waals surface area contributed by atoms with E-state index in [4.69, 9.17) is 0 Å². The molecular formula is C22H36N6. The number of aromatic nitrogens is 2. The molecule has 0 bridgehead atoms.